The lowest BCUT2D eigenvalue weighted by Gasteiger charge is -2.20. The first-order valence-corrected chi connectivity index (χ1v) is 41.8. The molecule has 0 aliphatic heterocycles. The molecule has 32 nitrogen and oxygen atoms in total. The van der Waals surface area contributed by atoms with Crippen molar-refractivity contribution >= 4 is 123 Å². The lowest BCUT2D eigenvalue weighted by atomic mass is 9.87. The van der Waals surface area contributed by atoms with Gasteiger partial charge < -0.3 is 9.47 Å². The van der Waals surface area contributed by atoms with E-state index in [4.69, 9.17) is 0 Å². The van der Waals surface area contributed by atoms with Gasteiger partial charge in [-0.15, -0.1) is 13.2 Å². The molecule has 15 aromatic rings. The van der Waals surface area contributed by atoms with Crippen LogP contribution in [0.5, 0.6) is 11.5 Å². The average molecular weight is 1740 g/mol. The molecule has 0 aliphatic carbocycles. The SMILES string of the molecule is Cc1cc2nccc(NS(=O)(=O)c3ccc(Br)cc3)n2n1.Cc1cc2nccc(NS(=O)(=O)c3ccc(OC(F)F)cc3)n2n1.Cc1cc2nccc(NS(=O)(=O)c3cccc(C(C)(C)C)c3)n2n1.Cc1cc2nccc(NS(=O)(=O)c3cccc(OC(F)(F)F)c3)n2n1.Cc1ccc(S(=O)(=O)Nc2ccnc3cc(C)nn23)cc1. The lowest BCUT2D eigenvalue weighted by Crippen LogP contribution is -2.18. The summed E-state index contributed by atoms with van der Waals surface area (Å²) in [5.74, 6) is 0.600. The molecule has 10 heterocycles. The van der Waals surface area contributed by atoms with Gasteiger partial charge in [-0.3, -0.25) is 23.6 Å². The number of fused-ring (bicyclic) bond motifs is 5. The first-order valence-electron chi connectivity index (χ1n) is 33.6. The van der Waals surface area contributed by atoms with Crippen molar-refractivity contribution in [2.75, 3.05) is 23.6 Å². The number of hydrogen-bond donors (Lipinski definition) is 5. The van der Waals surface area contributed by atoms with E-state index < -0.39 is 68.8 Å². The van der Waals surface area contributed by atoms with Crippen LogP contribution in [0.3, 0.4) is 0 Å². The van der Waals surface area contributed by atoms with E-state index in [0.29, 0.717) is 57.1 Å². The van der Waals surface area contributed by atoms with Crippen LogP contribution in [0.4, 0.5) is 51.0 Å². The predicted molar refractivity (Wildman–Crippen MR) is 419 cm³/mol. The number of sulfonamides is 5. The highest BCUT2D eigenvalue weighted by Crippen LogP contribution is 2.30. The van der Waals surface area contributed by atoms with Gasteiger partial charge in [0.05, 0.1) is 52.9 Å². The fraction of sp³-hybridized carbons (Fsp3) is 0.167. The maximum Gasteiger partial charge on any atom is 0.573 e. The second kappa shape index (κ2) is 33.8. The second-order valence-corrected chi connectivity index (χ2v) is 35.2. The van der Waals surface area contributed by atoms with E-state index in [1.807, 2.05) is 54.5 Å². The molecule has 5 N–H and O–H groups in total. The molecule has 0 bridgehead atoms. The zero-order valence-electron chi connectivity index (χ0n) is 61.7. The van der Waals surface area contributed by atoms with Gasteiger partial charge in [0.15, 0.2) is 28.2 Å². The maximum absolute atomic E-state index is 12.8. The van der Waals surface area contributed by atoms with E-state index in [2.05, 4.69) is 99.4 Å². The number of hydrogen-bond acceptors (Lipinski definition) is 22. The van der Waals surface area contributed by atoms with Crippen LogP contribution in [-0.2, 0) is 55.5 Å². The van der Waals surface area contributed by atoms with Gasteiger partial charge in [-0.2, -0.15) is 56.9 Å². The first kappa shape index (κ1) is 83.6. The number of aromatic nitrogens is 15. The van der Waals surface area contributed by atoms with Gasteiger partial charge in [0.1, 0.15) is 40.6 Å². The molecule has 10 aromatic heterocycles. The van der Waals surface area contributed by atoms with Crippen LogP contribution in [0.1, 0.15) is 60.4 Å². The summed E-state index contributed by atoms with van der Waals surface area (Å²) in [6.07, 6.45) is 2.56. The quantitative estimate of drug-likeness (QED) is 0.0498. The third-order valence-electron chi connectivity index (χ3n) is 15.8. The summed E-state index contributed by atoms with van der Waals surface area (Å²) >= 11 is 3.28. The van der Waals surface area contributed by atoms with Crippen LogP contribution in [0.15, 0.2) is 242 Å². The van der Waals surface area contributed by atoms with Crippen molar-refractivity contribution in [1.82, 2.24) is 73.0 Å². The summed E-state index contributed by atoms with van der Waals surface area (Å²) in [6, 6.07) is 45.1. The molecule has 0 saturated heterocycles. The molecule has 15 rings (SSSR count). The van der Waals surface area contributed by atoms with Gasteiger partial charge in [0.2, 0.25) is 0 Å². The van der Waals surface area contributed by atoms with Crippen LogP contribution < -0.4 is 33.1 Å². The molecular formula is C72H68BrF5N20O12S5. The maximum atomic E-state index is 12.8. The normalized spacial score (nSPS) is 12.0. The number of anilines is 5. The Labute approximate surface area is 662 Å². The Hall–Kier alpha value is -12.3. The highest BCUT2D eigenvalue weighted by molar-refractivity contribution is 9.10. The number of aryl methyl sites for hydroxylation is 6. The van der Waals surface area contributed by atoms with Gasteiger partial charge in [0.25, 0.3) is 50.1 Å². The van der Waals surface area contributed by atoms with Crippen molar-refractivity contribution in [1.29, 1.82) is 0 Å². The van der Waals surface area contributed by atoms with Gasteiger partial charge in [-0.1, -0.05) is 72.6 Å². The Morgan fingerprint density at radius 2 is 0.643 bits per heavy atom. The molecule has 0 aliphatic rings. The third-order valence-corrected chi connectivity index (χ3v) is 23.1. The zero-order chi connectivity index (χ0) is 83.2. The standard InChI is InChI=1S/C17H20N4O2S.C14H11F3N4O3S.C14H12F2N4O3S.C14H14N4O2S.C13H11BrN4O2S/c1-12-10-16-18-9-8-15(21(16)19-12)20-24(22,23)14-7-5-6-13(11-14)17(2,3)4;1-9-7-13-18-6-5-12(21(13)19-9)20-25(22,23)11-4-2-3-10(8-11)24-14(15,16)17;1-9-8-13-17-7-6-12(20(13)18-9)19-24(21,22)11-4-2-10(3-5-11)23-14(15)16;1-10-3-5-12(6-4-10)21(19,20)17-13-7-8-15-14-9-11(2)16-18(13)14;1-9-8-13-15-7-6-12(18(13)16-9)17-21(19,20)11-4-2-10(14)3-5-11/h5-11,20H,1-4H3;2-8,20H,1H3;2-8,14,19H,1H3;3-9,17H,1-2H3;2-8,17H,1H3. The summed E-state index contributed by atoms with van der Waals surface area (Å²) < 4.78 is 214. The third kappa shape index (κ3) is 21.3. The van der Waals surface area contributed by atoms with Crippen molar-refractivity contribution in [2.24, 2.45) is 0 Å². The van der Waals surface area contributed by atoms with Gasteiger partial charge in [-0.25, -0.2) is 67.0 Å². The van der Waals surface area contributed by atoms with Crippen LogP contribution in [0.25, 0.3) is 28.2 Å². The van der Waals surface area contributed by atoms with E-state index in [0.717, 1.165) is 69.1 Å². The average Bonchev–Trinajstić information content (AvgIpc) is 1.70. The van der Waals surface area contributed by atoms with Crippen molar-refractivity contribution in [3.05, 3.63) is 257 Å². The zero-order valence-corrected chi connectivity index (χ0v) is 67.4. The van der Waals surface area contributed by atoms with Gasteiger partial charge >= 0.3 is 13.0 Å². The van der Waals surface area contributed by atoms with Gasteiger partial charge in [-0.05, 0) is 168 Å². The van der Waals surface area contributed by atoms with E-state index in [-0.39, 0.29) is 47.3 Å². The molecule has 0 saturated carbocycles. The fourth-order valence-electron chi connectivity index (χ4n) is 10.5. The summed E-state index contributed by atoms with van der Waals surface area (Å²) in [6.45, 7) is 14.0. The summed E-state index contributed by atoms with van der Waals surface area (Å²) in [4.78, 5) is 20.7. The highest BCUT2D eigenvalue weighted by atomic mass is 79.9. The largest absolute Gasteiger partial charge is 0.573 e. The van der Waals surface area contributed by atoms with E-state index >= 15 is 0 Å². The number of nitrogens with zero attached hydrogens (tertiary/aromatic N) is 15. The van der Waals surface area contributed by atoms with E-state index in [1.54, 1.807) is 129 Å². The molecular weight excluding hydrogens is 1670 g/mol. The predicted octanol–water partition coefficient (Wildman–Crippen LogP) is 13.1. The molecule has 0 atom stereocenters. The summed E-state index contributed by atoms with van der Waals surface area (Å²) in [7, 11) is -19.1. The van der Waals surface area contributed by atoms with E-state index in [1.165, 1.54) is 77.6 Å². The molecule has 0 radical (unpaired) electrons. The molecule has 0 unspecified atom stereocenters. The molecule has 0 fully saturated rings. The Morgan fingerprint density at radius 3 is 0.948 bits per heavy atom. The summed E-state index contributed by atoms with van der Waals surface area (Å²) in [5.41, 5.74) is 8.13. The number of nitrogens with one attached hydrogen (secondary N) is 5. The fourth-order valence-corrected chi connectivity index (χ4v) is 16.1. The number of ether oxygens (including phenoxy) is 2. The molecule has 0 spiro atoms. The van der Waals surface area contributed by atoms with Crippen LogP contribution >= 0.6 is 15.9 Å². The van der Waals surface area contributed by atoms with Gasteiger partial charge in [0, 0.05) is 71.9 Å². The number of halogens is 6. The molecule has 0 amide bonds. The number of benzene rings is 5. The molecule has 43 heteroatoms. The minimum atomic E-state index is -4.92. The minimum Gasteiger partial charge on any atom is -0.435 e. The monoisotopic (exact) mass is 1740 g/mol. The second-order valence-electron chi connectivity index (χ2n) is 25.9. The summed E-state index contributed by atoms with van der Waals surface area (Å²) in [5, 5.41) is 21.0. The van der Waals surface area contributed by atoms with Crippen molar-refractivity contribution < 1.29 is 73.5 Å². The lowest BCUT2D eigenvalue weighted by molar-refractivity contribution is -0.274. The number of alkyl halides is 5. The van der Waals surface area contributed by atoms with Crippen molar-refractivity contribution in [3.63, 3.8) is 0 Å². The molecule has 5 aromatic carbocycles. The molecule has 115 heavy (non-hydrogen) atoms. The first-order chi connectivity index (χ1) is 54.1. The Balaban J connectivity index is 0.000000142. The minimum absolute atomic E-state index is 0.0974. The Morgan fingerprint density at radius 1 is 0.357 bits per heavy atom. The number of rotatable bonds is 18. The molecule has 600 valence electrons. The topological polar surface area (TPSA) is 400 Å². The van der Waals surface area contributed by atoms with Crippen LogP contribution in [-0.4, -0.2) is 128 Å². The Bertz CT molecular complexity index is 6520. The smallest absolute Gasteiger partial charge is 0.435 e. The van der Waals surface area contributed by atoms with Crippen LogP contribution in [0.2, 0.25) is 0 Å². The Kier molecular flexibility index (Phi) is 24.6. The van der Waals surface area contributed by atoms with E-state index in [9.17, 15) is 64.0 Å². The van der Waals surface area contributed by atoms with Crippen molar-refractivity contribution in [3.8, 4) is 11.5 Å². The van der Waals surface area contributed by atoms with Crippen LogP contribution in [0, 0.1) is 41.5 Å². The highest BCUT2D eigenvalue weighted by Gasteiger charge is 2.32. The van der Waals surface area contributed by atoms with Crippen molar-refractivity contribution in [2.45, 2.75) is 105 Å².